The van der Waals surface area contributed by atoms with E-state index in [1.165, 1.54) is 10.6 Å². The molecule has 0 amide bonds. The zero-order valence-electron chi connectivity index (χ0n) is 10.8. The highest BCUT2D eigenvalue weighted by Crippen LogP contribution is 2.32. The number of phenolic OH excluding ortho intramolecular Hbond substituents is 2. The number of aromatic nitrogens is 1. The predicted molar refractivity (Wildman–Crippen MR) is 71.2 cm³/mol. The minimum atomic E-state index is -0.344. The van der Waals surface area contributed by atoms with Crippen molar-refractivity contribution in [2.45, 2.75) is 26.2 Å². The highest BCUT2D eigenvalue weighted by molar-refractivity contribution is 5.89. The molecule has 0 saturated heterocycles. The molecule has 2 aromatic rings. The van der Waals surface area contributed by atoms with E-state index in [1.807, 2.05) is 6.07 Å². The highest BCUT2D eigenvalue weighted by Gasteiger charge is 2.15. The molecule has 2 rings (SSSR count). The van der Waals surface area contributed by atoms with Gasteiger partial charge < -0.3 is 14.8 Å². The van der Waals surface area contributed by atoms with E-state index < -0.39 is 0 Å². The average Bonchev–Trinajstić information content (AvgIpc) is 2.36. The van der Waals surface area contributed by atoms with Gasteiger partial charge in [-0.15, -0.1) is 0 Å². The zero-order valence-corrected chi connectivity index (χ0v) is 10.8. The van der Waals surface area contributed by atoms with E-state index in [0.29, 0.717) is 5.39 Å². The van der Waals surface area contributed by atoms with Crippen molar-refractivity contribution in [2.24, 2.45) is 7.05 Å². The molecule has 0 radical (unpaired) electrons. The van der Waals surface area contributed by atoms with Crippen LogP contribution in [0.3, 0.4) is 0 Å². The third-order valence-corrected chi connectivity index (χ3v) is 3.52. The summed E-state index contributed by atoms with van der Waals surface area (Å²) in [5, 5.41) is 20.1. The van der Waals surface area contributed by atoms with Gasteiger partial charge in [0.2, 0.25) is 0 Å². The van der Waals surface area contributed by atoms with E-state index in [4.69, 9.17) is 0 Å². The molecule has 0 saturated carbocycles. The number of benzene rings is 1. The van der Waals surface area contributed by atoms with Crippen molar-refractivity contribution in [3.05, 3.63) is 34.2 Å². The van der Waals surface area contributed by atoms with Gasteiger partial charge in [0.05, 0.1) is 5.39 Å². The quantitative estimate of drug-likeness (QED) is 0.801. The first-order valence-corrected chi connectivity index (χ1v) is 6.02. The number of rotatable bonds is 2. The SMILES string of the molecule is CC[C@H](C)c1cc2ccc(O)c(O)c2c(=O)n1C. The van der Waals surface area contributed by atoms with Gasteiger partial charge in [0, 0.05) is 12.7 Å². The number of phenols is 2. The topological polar surface area (TPSA) is 62.5 Å². The molecule has 1 aromatic carbocycles. The lowest BCUT2D eigenvalue weighted by molar-refractivity contribution is 0.407. The Morgan fingerprint density at radius 3 is 2.61 bits per heavy atom. The van der Waals surface area contributed by atoms with Crippen LogP contribution in [0.15, 0.2) is 23.0 Å². The van der Waals surface area contributed by atoms with Gasteiger partial charge in [-0.3, -0.25) is 4.79 Å². The number of hydrogen-bond donors (Lipinski definition) is 2. The normalized spacial score (nSPS) is 12.8. The molecule has 4 nitrogen and oxygen atoms in total. The molecule has 1 aromatic heterocycles. The first kappa shape index (κ1) is 12.5. The average molecular weight is 247 g/mol. The first-order valence-electron chi connectivity index (χ1n) is 6.02. The van der Waals surface area contributed by atoms with Gasteiger partial charge in [-0.25, -0.2) is 0 Å². The molecular formula is C14H17NO3. The summed E-state index contributed by atoms with van der Waals surface area (Å²) in [6.07, 6.45) is 0.933. The zero-order chi connectivity index (χ0) is 13.4. The van der Waals surface area contributed by atoms with Crippen molar-refractivity contribution in [1.82, 2.24) is 4.57 Å². The Morgan fingerprint density at radius 2 is 2.00 bits per heavy atom. The summed E-state index contributed by atoms with van der Waals surface area (Å²) in [6.45, 7) is 4.12. The number of nitrogens with zero attached hydrogens (tertiary/aromatic N) is 1. The number of fused-ring (bicyclic) bond motifs is 1. The molecule has 0 aliphatic rings. The number of aromatic hydroxyl groups is 2. The second kappa shape index (κ2) is 4.37. The van der Waals surface area contributed by atoms with Crippen LogP contribution < -0.4 is 5.56 Å². The maximum atomic E-state index is 12.2. The molecule has 1 heterocycles. The van der Waals surface area contributed by atoms with Crippen LogP contribution in [0.5, 0.6) is 11.5 Å². The summed E-state index contributed by atoms with van der Waals surface area (Å²) in [6, 6.07) is 4.94. The van der Waals surface area contributed by atoms with Crippen LogP contribution in [0.25, 0.3) is 10.8 Å². The van der Waals surface area contributed by atoms with Gasteiger partial charge in [0.1, 0.15) is 0 Å². The van der Waals surface area contributed by atoms with Crippen molar-refractivity contribution in [1.29, 1.82) is 0 Å². The van der Waals surface area contributed by atoms with Crippen LogP contribution in [-0.4, -0.2) is 14.8 Å². The number of pyridine rings is 1. The summed E-state index contributed by atoms with van der Waals surface area (Å²) in [5.74, 6) is -0.345. The molecule has 96 valence electrons. The van der Waals surface area contributed by atoms with Crippen molar-refractivity contribution in [2.75, 3.05) is 0 Å². The van der Waals surface area contributed by atoms with Gasteiger partial charge in [-0.05, 0) is 29.9 Å². The molecule has 0 fully saturated rings. The van der Waals surface area contributed by atoms with Crippen LogP contribution in [0.1, 0.15) is 31.9 Å². The Labute approximate surface area is 105 Å². The minimum Gasteiger partial charge on any atom is -0.504 e. The van der Waals surface area contributed by atoms with E-state index in [9.17, 15) is 15.0 Å². The van der Waals surface area contributed by atoms with Crippen molar-refractivity contribution in [3.63, 3.8) is 0 Å². The fourth-order valence-corrected chi connectivity index (χ4v) is 2.16. The summed E-state index contributed by atoms with van der Waals surface area (Å²) in [4.78, 5) is 12.2. The molecule has 4 heteroatoms. The summed E-state index contributed by atoms with van der Waals surface area (Å²) in [5.41, 5.74) is 0.649. The van der Waals surface area contributed by atoms with Crippen LogP contribution in [0.4, 0.5) is 0 Å². The van der Waals surface area contributed by atoms with Crippen LogP contribution in [-0.2, 0) is 7.05 Å². The van der Waals surface area contributed by atoms with Gasteiger partial charge in [-0.2, -0.15) is 0 Å². The Bertz CT molecular complexity index is 658. The second-order valence-corrected chi connectivity index (χ2v) is 4.64. The van der Waals surface area contributed by atoms with Crippen LogP contribution in [0.2, 0.25) is 0 Å². The molecule has 1 atom stereocenters. The van der Waals surface area contributed by atoms with Crippen molar-refractivity contribution in [3.8, 4) is 11.5 Å². The minimum absolute atomic E-state index is 0.171. The van der Waals surface area contributed by atoms with Crippen LogP contribution >= 0.6 is 0 Å². The lowest BCUT2D eigenvalue weighted by Crippen LogP contribution is -2.21. The first-order chi connectivity index (χ1) is 8.47. The maximum Gasteiger partial charge on any atom is 0.262 e. The van der Waals surface area contributed by atoms with Gasteiger partial charge in [0.25, 0.3) is 5.56 Å². The highest BCUT2D eigenvalue weighted by atomic mass is 16.3. The molecule has 2 N–H and O–H groups in total. The summed E-state index contributed by atoms with van der Waals surface area (Å²) in [7, 11) is 1.69. The molecule has 0 aliphatic carbocycles. The smallest absolute Gasteiger partial charge is 0.262 e. The molecule has 0 spiro atoms. The largest absolute Gasteiger partial charge is 0.504 e. The predicted octanol–water partition coefficient (Wildman–Crippen LogP) is 2.46. The van der Waals surface area contributed by atoms with Crippen LogP contribution in [0, 0.1) is 0 Å². The summed E-state index contributed by atoms with van der Waals surface area (Å²) >= 11 is 0. The Balaban J connectivity index is 2.88. The van der Waals surface area contributed by atoms with E-state index >= 15 is 0 Å². The molecule has 18 heavy (non-hydrogen) atoms. The molecule has 0 unspecified atom stereocenters. The lowest BCUT2D eigenvalue weighted by atomic mass is 10.0. The monoisotopic (exact) mass is 247 g/mol. The lowest BCUT2D eigenvalue weighted by Gasteiger charge is -2.15. The fourth-order valence-electron chi connectivity index (χ4n) is 2.16. The molecule has 0 bridgehead atoms. The molecule has 0 aliphatic heterocycles. The Morgan fingerprint density at radius 1 is 1.33 bits per heavy atom. The van der Waals surface area contributed by atoms with Crippen molar-refractivity contribution < 1.29 is 10.2 Å². The van der Waals surface area contributed by atoms with E-state index in [1.54, 1.807) is 13.1 Å². The third-order valence-electron chi connectivity index (χ3n) is 3.52. The third kappa shape index (κ3) is 1.74. The number of hydrogen-bond acceptors (Lipinski definition) is 3. The maximum absolute atomic E-state index is 12.2. The van der Waals surface area contributed by atoms with Crippen molar-refractivity contribution >= 4 is 10.8 Å². The Kier molecular flexibility index (Phi) is 3.03. The van der Waals surface area contributed by atoms with Gasteiger partial charge >= 0.3 is 0 Å². The summed E-state index contributed by atoms with van der Waals surface area (Å²) < 4.78 is 1.54. The van der Waals surface area contributed by atoms with Gasteiger partial charge in [0.15, 0.2) is 11.5 Å². The standard InChI is InChI=1S/C14H17NO3/c1-4-8(2)10-7-9-5-6-11(16)13(17)12(9)14(18)15(10)3/h5-8,16-17H,4H2,1-3H3/t8-/m0/s1. The van der Waals surface area contributed by atoms with E-state index in [0.717, 1.165) is 12.1 Å². The second-order valence-electron chi connectivity index (χ2n) is 4.64. The van der Waals surface area contributed by atoms with E-state index in [2.05, 4.69) is 13.8 Å². The molecular weight excluding hydrogens is 230 g/mol. The van der Waals surface area contributed by atoms with E-state index in [-0.39, 0.29) is 28.4 Å². The fraction of sp³-hybridized carbons (Fsp3) is 0.357. The van der Waals surface area contributed by atoms with Gasteiger partial charge in [-0.1, -0.05) is 19.9 Å². The Hall–Kier alpha value is -1.97.